The van der Waals surface area contributed by atoms with Crippen molar-refractivity contribution in [2.75, 3.05) is 13.2 Å². The van der Waals surface area contributed by atoms with Crippen molar-refractivity contribution >= 4 is 24.0 Å². The van der Waals surface area contributed by atoms with E-state index in [0.29, 0.717) is 36.6 Å². The molecule has 0 radical (unpaired) electrons. The molecular weight excluding hydrogens is 282 g/mol. The van der Waals surface area contributed by atoms with Gasteiger partial charge in [0.05, 0.1) is 10.6 Å². The summed E-state index contributed by atoms with van der Waals surface area (Å²) in [5.74, 6) is 0.822. The van der Waals surface area contributed by atoms with E-state index < -0.39 is 5.54 Å². The van der Waals surface area contributed by atoms with Crippen molar-refractivity contribution in [2.45, 2.75) is 24.8 Å². The second-order valence-electron chi connectivity index (χ2n) is 4.88. The first kappa shape index (κ1) is 13.2. The van der Waals surface area contributed by atoms with Crippen LogP contribution in [0.3, 0.4) is 0 Å². The van der Waals surface area contributed by atoms with Gasteiger partial charge in [0.1, 0.15) is 18.8 Å². The molecule has 1 aliphatic carbocycles. The molecule has 1 fully saturated rings. The summed E-state index contributed by atoms with van der Waals surface area (Å²) in [7, 11) is 0. The molecule has 2 aliphatic rings. The van der Waals surface area contributed by atoms with Crippen LogP contribution in [-0.4, -0.2) is 25.6 Å². The van der Waals surface area contributed by atoms with Gasteiger partial charge >= 0.3 is 0 Å². The molecule has 0 spiro atoms. The maximum Gasteiger partial charge on any atom is 0.235 e. The Morgan fingerprint density at radius 1 is 1.30 bits per heavy atom. The number of aldehydes is 1. The number of hydrogen-bond donors (Lipinski definition) is 0. The Bertz CT molecular complexity index is 618. The number of benzene rings is 1. The highest BCUT2D eigenvalue weighted by Crippen LogP contribution is 2.53. The van der Waals surface area contributed by atoms with Crippen LogP contribution in [0.2, 0.25) is 5.02 Å². The van der Waals surface area contributed by atoms with Gasteiger partial charge in [0.15, 0.2) is 17.8 Å². The van der Waals surface area contributed by atoms with Gasteiger partial charge in [-0.2, -0.15) is 4.99 Å². The lowest BCUT2D eigenvalue weighted by Gasteiger charge is -2.39. The molecule has 1 aliphatic heterocycles. The highest BCUT2D eigenvalue weighted by molar-refractivity contribution is 6.33. The molecule has 0 saturated heterocycles. The third kappa shape index (κ3) is 1.82. The lowest BCUT2D eigenvalue weighted by atomic mass is 9.71. The number of rotatable bonds is 3. The standard InChI is InChI=1S/C14H12ClNO4/c15-11-6-10(14(16-8-18)2-1-3-14)13-12(9(11)7-17)19-4-5-20-13/h6-7H,1-5H2. The Hall–Kier alpha value is -1.84. The minimum atomic E-state index is -0.641. The van der Waals surface area contributed by atoms with Gasteiger partial charge in [0, 0.05) is 5.56 Å². The summed E-state index contributed by atoms with van der Waals surface area (Å²) in [4.78, 5) is 25.8. The van der Waals surface area contributed by atoms with Crippen molar-refractivity contribution in [3.8, 4) is 11.5 Å². The summed E-state index contributed by atoms with van der Waals surface area (Å²) in [5, 5.41) is 0.284. The van der Waals surface area contributed by atoms with E-state index in [4.69, 9.17) is 21.1 Å². The van der Waals surface area contributed by atoms with E-state index in [1.807, 2.05) is 0 Å². The molecule has 20 heavy (non-hydrogen) atoms. The van der Waals surface area contributed by atoms with Crippen molar-refractivity contribution in [3.05, 3.63) is 22.2 Å². The predicted molar refractivity (Wildman–Crippen MR) is 71.5 cm³/mol. The van der Waals surface area contributed by atoms with E-state index >= 15 is 0 Å². The first-order valence-electron chi connectivity index (χ1n) is 6.38. The summed E-state index contributed by atoms with van der Waals surface area (Å²) < 4.78 is 11.2. The molecule has 1 aromatic rings. The number of fused-ring (bicyclic) bond motifs is 1. The molecular formula is C14H12ClNO4. The van der Waals surface area contributed by atoms with Crippen LogP contribution in [0.15, 0.2) is 11.1 Å². The van der Waals surface area contributed by atoms with E-state index in [0.717, 1.165) is 19.3 Å². The van der Waals surface area contributed by atoms with Gasteiger partial charge < -0.3 is 9.47 Å². The first-order chi connectivity index (χ1) is 9.72. The number of ether oxygens (including phenoxy) is 2. The fourth-order valence-electron chi connectivity index (χ4n) is 2.69. The fraction of sp³-hybridized carbons (Fsp3) is 0.429. The number of halogens is 1. The summed E-state index contributed by atoms with van der Waals surface area (Å²) >= 11 is 6.15. The summed E-state index contributed by atoms with van der Waals surface area (Å²) in [6.07, 6.45) is 4.71. The molecule has 0 aromatic heterocycles. The van der Waals surface area contributed by atoms with Crippen molar-refractivity contribution < 1.29 is 19.1 Å². The Morgan fingerprint density at radius 2 is 2.00 bits per heavy atom. The monoisotopic (exact) mass is 293 g/mol. The van der Waals surface area contributed by atoms with Crippen molar-refractivity contribution in [1.82, 2.24) is 0 Å². The molecule has 0 unspecified atom stereocenters. The van der Waals surface area contributed by atoms with Crippen molar-refractivity contribution in [2.24, 2.45) is 4.99 Å². The SMILES string of the molecule is O=C=NC1(c2cc(Cl)c(C=O)c3c2OCCO3)CCC1. The molecule has 104 valence electrons. The molecule has 1 heterocycles. The van der Waals surface area contributed by atoms with E-state index in [1.165, 1.54) is 0 Å². The summed E-state index contributed by atoms with van der Waals surface area (Å²) in [5.41, 5.74) is 0.337. The molecule has 0 N–H and O–H groups in total. The zero-order chi connectivity index (χ0) is 14.2. The number of carbonyl (C=O) groups is 1. The van der Waals surface area contributed by atoms with Crippen LogP contribution in [0.25, 0.3) is 0 Å². The zero-order valence-electron chi connectivity index (χ0n) is 10.6. The first-order valence-corrected chi connectivity index (χ1v) is 6.76. The Morgan fingerprint density at radius 3 is 2.55 bits per heavy atom. The zero-order valence-corrected chi connectivity index (χ0v) is 11.4. The second-order valence-corrected chi connectivity index (χ2v) is 5.29. The topological polar surface area (TPSA) is 65.0 Å². The predicted octanol–water partition coefficient (Wildman–Crippen LogP) is 2.64. The highest BCUT2D eigenvalue weighted by atomic mass is 35.5. The minimum absolute atomic E-state index is 0.273. The van der Waals surface area contributed by atoms with Crippen LogP contribution in [-0.2, 0) is 10.3 Å². The number of hydrogen-bond acceptors (Lipinski definition) is 5. The quantitative estimate of drug-likeness (QED) is 0.488. The van der Waals surface area contributed by atoms with E-state index in [1.54, 1.807) is 12.1 Å². The summed E-state index contributed by atoms with van der Waals surface area (Å²) in [6.45, 7) is 0.748. The summed E-state index contributed by atoms with van der Waals surface area (Å²) in [6, 6.07) is 1.65. The highest BCUT2D eigenvalue weighted by Gasteiger charge is 2.43. The van der Waals surface area contributed by atoms with Crippen molar-refractivity contribution in [3.63, 3.8) is 0 Å². The average Bonchev–Trinajstić information content (AvgIpc) is 2.42. The maximum atomic E-state index is 11.2. The average molecular weight is 294 g/mol. The Labute approximate surface area is 120 Å². The van der Waals surface area contributed by atoms with Gasteiger partial charge in [-0.3, -0.25) is 4.79 Å². The smallest absolute Gasteiger partial charge is 0.235 e. The lowest BCUT2D eigenvalue weighted by molar-refractivity contribution is 0.110. The molecule has 6 heteroatoms. The molecule has 1 aromatic carbocycles. The normalized spacial score (nSPS) is 18.6. The third-order valence-electron chi connectivity index (χ3n) is 3.86. The maximum absolute atomic E-state index is 11.2. The van der Waals surface area contributed by atoms with E-state index in [9.17, 15) is 9.59 Å². The fourth-order valence-corrected chi connectivity index (χ4v) is 2.93. The molecule has 3 rings (SSSR count). The van der Waals surface area contributed by atoms with Gasteiger partial charge in [-0.05, 0) is 25.3 Å². The van der Waals surface area contributed by atoms with Crippen LogP contribution in [0.5, 0.6) is 11.5 Å². The van der Waals surface area contributed by atoms with Crippen LogP contribution in [0.1, 0.15) is 35.2 Å². The number of nitrogens with zero attached hydrogens (tertiary/aromatic N) is 1. The molecule has 1 saturated carbocycles. The van der Waals surface area contributed by atoms with Crippen molar-refractivity contribution in [1.29, 1.82) is 0 Å². The minimum Gasteiger partial charge on any atom is -0.486 e. The van der Waals surface area contributed by atoms with Gasteiger partial charge in [-0.1, -0.05) is 11.6 Å². The van der Waals surface area contributed by atoms with Gasteiger partial charge in [-0.25, -0.2) is 4.79 Å². The molecule has 5 nitrogen and oxygen atoms in total. The van der Waals surface area contributed by atoms with Crippen LogP contribution in [0.4, 0.5) is 0 Å². The third-order valence-corrected chi connectivity index (χ3v) is 4.17. The largest absolute Gasteiger partial charge is 0.486 e. The van der Waals surface area contributed by atoms with Gasteiger partial charge in [0.2, 0.25) is 6.08 Å². The number of aliphatic imine (C=N–C) groups is 1. The van der Waals surface area contributed by atoms with Gasteiger partial charge in [-0.15, -0.1) is 0 Å². The Balaban J connectivity index is 2.23. The van der Waals surface area contributed by atoms with E-state index in [-0.39, 0.29) is 10.6 Å². The van der Waals surface area contributed by atoms with Crippen LogP contribution < -0.4 is 9.47 Å². The number of carbonyl (C=O) groups excluding carboxylic acids is 2. The van der Waals surface area contributed by atoms with Crippen LogP contribution >= 0.6 is 11.6 Å². The molecule has 0 bridgehead atoms. The molecule has 0 atom stereocenters. The van der Waals surface area contributed by atoms with Gasteiger partial charge in [0.25, 0.3) is 0 Å². The van der Waals surface area contributed by atoms with Crippen LogP contribution in [0, 0.1) is 0 Å². The second kappa shape index (κ2) is 4.93. The number of isocyanates is 1. The lowest BCUT2D eigenvalue weighted by Crippen LogP contribution is -2.33. The Kier molecular flexibility index (Phi) is 3.24. The molecule has 0 amide bonds. The van der Waals surface area contributed by atoms with E-state index in [2.05, 4.69) is 4.99 Å².